The molecule has 0 radical (unpaired) electrons. The minimum atomic E-state index is -0.363. The molecule has 2 unspecified atom stereocenters. The largest absolute Gasteiger partial charge is 0.491 e. The molecule has 3 aromatic rings. The number of carbonyl (C=O) groups excluding carboxylic acids is 1. The molecule has 0 spiro atoms. The summed E-state index contributed by atoms with van der Waals surface area (Å²) in [6.45, 7) is 2.12. The molecule has 1 N–H and O–H groups in total. The first-order valence-corrected chi connectivity index (χ1v) is 12.5. The number of ether oxygens (including phenoxy) is 3. The molecule has 5 rings (SSSR count). The van der Waals surface area contributed by atoms with E-state index in [1.165, 1.54) is 0 Å². The van der Waals surface area contributed by atoms with Gasteiger partial charge in [0.25, 0.3) is 5.91 Å². The van der Waals surface area contributed by atoms with Crippen molar-refractivity contribution in [1.29, 1.82) is 0 Å². The van der Waals surface area contributed by atoms with E-state index in [2.05, 4.69) is 9.88 Å². The first kappa shape index (κ1) is 24.1. The number of benzene rings is 2. The number of aromatic amines is 1. The molecule has 2 aromatic carbocycles. The first-order chi connectivity index (χ1) is 17.0. The monoisotopic (exact) mass is 513 g/mol. The zero-order valence-corrected chi connectivity index (χ0v) is 21.3. The van der Waals surface area contributed by atoms with E-state index in [1.807, 2.05) is 42.5 Å². The summed E-state index contributed by atoms with van der Waals surface area (Å²) in [6, 6.07) is 13.2. The van der Waals surface area contributed by atoms with Crippen molar-refractivity contribution in [3.63, 3.8) is 0 Å². The molecule has 184 valence electrons. The summed E-state index contributed by atoms with van der Waals surface area (Å²) in [5.74, 6) is 0.806. The van der Waals surface area contributed by atoms with Gasteiger partial charge in [-0.3, -0.25) is 9.69 Å². The molecule has 2 aliphatic heterocycles. The van der Waals surface area contributed by atoms with Crippen LogP contribution in [0.25, 0.3) is 10.9 Å². The predicted molar refractivity (Wildman–Crippen MR) is 139 cm³/mol. The van der Waals surface area contributed by atoms with E-state index in [4.69, 9.17) is 38.0 Å². The van der Waals surface area contributed by atoms with Crippen LogP contribution in [0.4, 0.5) is 0 Å². The summed E-state index contributed by atoms with van der Waals surface area (Å²) < 4.78 is 16.0. The van der Waals surface area contributed by atoms with Crippen molar-refractivity contribution in [3.8, 4) is 5.75 Å². The summed E-state index contributed by atoms with van der Waals surface area (Å²) in [5, 5.41) is 2.28. The molecule has 2 aliphatic rings. The molecular formula is C26H28ClN3O4S. The second-order valence-corrected chi connectivity index (χ2v) is 9.57. The smallest absolute Gasteiger partial charge is 0.251 e. The molecule has 7 nitrogen and oxygen atoms in total. The van der Waals surface area contributed by atoms with Gasteiger partial charge in [-0.1, -0.05) is 23.7 Å². The highest BCUT2D eigenvalue weighted by molar-refractivity contribution is 7.80. The Morgan fingerprint density at radius 2 is 1.86 bits per heavy atom. The number of fused-ring (bicyclic) bond motifs is 4. The number of aromatic nitrogens is 1. The van der Waals surface area contributed by atoms with Crippen molar-refractivity contribution < 1.29 is 19.0 Å². The van der Waals surface area contributed by atoms with Crippen LogP contribution in [0.1, 0.15) is 29.3 Å². The minimum Gasteiger partial charge on any atom is -0.491 e. The Hall–Kier alpha value is -2.65. The first-order valence-electron chi connectivity index (χ1n) is 11.7. The van der Waals surface area contributed by atoms with Crippen LogP contribution in [-0.2, 0) is 20.7 Å². The van der Waals surface area contributed by atoms with Crippen LogP contribution in [0.5, 0.6) is 5.75 Å². The fraction of sp³-hybridized carbons (Fsp3) is 0.385. The van der Waals surface area contributed by atoms with Gasteiger partial charge in [0, 0.05) is 55.4 Å². The summed E-state index contributed by atoms with van der Waals surface area (Å²) in [6.07, 6.45) is 1.30. The number of rotatable bonds is 9. The van der Waals surface area contributed by atoms with Gasteiger partial charge in [0.05, 0.1) is 12.6 Å². The standard InChI is InChI=1S/C26H28ClN3O4S/c1-32-11-3-10-29-25(31)22-15-20-19-14-17(27)6-9-21(19)28-23(20)24(30(22)26(29)35)16-4-7-18(8-5-16)34-13-12-33-2/h4-9,14,22,24,28H,3,10-13,15H2,1-2H3. The summed E-state index contributed by atoms with van der Waals surface area (Å²) >= 11 is 12.2. The molecule has 0 bridgehead atoms. The molecule has 1 aromatic heterocycles. The quantitative estimate of drug-likeness (QED) is 0.339. The van der Waals surface area contributed by atoms with Gasteiger partial charge in [0.2, 0.25) is 0 Å². The Kier molecular flexibility index (Phi) is 6.98. The zero-order valence-electron chi connectivity index (χ0n) is 19.8. The Bertz CT molecular complexity index is 1250. The van der Waals surface area contributed by atoms with Crippen molar-refractivity contribution in [2.24, 2.45) is 0 Å². The molecule has 1 fully saturated rings. The Morgan fingerprint density at radius 3 is 2.60 bits per heavy atom. The van der Waals surface area contributed by atoms with Gasteiger partial charge in [-0.25, -0.2) is 0 Å². The van der Waals surface area contributed by atoms with Gasteiger partial charge >= 0.3 is 0 Å². The highest BCUT2D eigenvalue weighted by Crippen LogP contribution is 2.44. The van der Waals surface area contributed by atoms with Crippen molar-refractivity contribution in [3.05, 3.63) is 64.3 Å². The highest BCUT2D eigenvalue weighted by atomic mass is 35.5. The fourth-order valence-corrected chi connectivity index (χ4v) is 5.64. The lowest BCUT2D eigenvalue weighted by molar-refractivity contribution is -0.128. The lowest BCUT2D eigenvalue weighted by atomic mass is 9.89. The Labute approximate surface area is 214 Å². The molecule has 9 heteroatoms. The molecule has 0 saturated carbocycles. The Balaban J connectivity index is 1.55. The number of nitrogens with one attached hydrogen (secondary N) is 1. The van der Waals surface area contributed by atoms with Gasteiger partial charge in [0.15, 0.2) is 5.11 Å². The lowest BCUT2D eigenvalue weighted by Gasteiger charge is -2.37. The zero-order chi connectivity index (χ0) is 24.5. The van der Waals surface area contributed by atoms with Gasteiger partial charge in [-0.2, -0.15) is 0 Å². The maximum absolute atomic E-state index is 13.5. The van der Waals surface area contributed by atoms with Crippen molar-refractivity contribution >= 4 is 45.7 Å². The van der Waals surface area contributed by atoms with E-state index in [-0.39, 0.29) is 18.0 Å². The third kappa shape index (κ3) is 4.40. The number of hydrogen-bond acceptors (Lipinski definition) is 5. The molecule has 3 heterocycles. The topological polar surface area (TPSA) is 67.0 Å². The molecular weight excluding hydrogens is 486 g/mol. The number of methoxy groups -OCH3 is 2. The van der Waals surface area contributed by atoms with Crippen LogP contribution in [0.3, 0.4) is 0 Å². The molecule has 0 aliphatic carbocycles. The normalized spacial score (nSPS) is 19.4. The SMILES string of the molecule is COCCCN1C(=O)C2Cc3c([nH]c4ccc(Cl)cc34)C(c3ccc(OCCOC)cc3)N2C1=S. The number of H-pyrrole nitrogens is 1. The van der Waals surface area contributed by atoms with Crippen LogP contribution in [0.15, 0.2) is 42.5 Å². The van der Waals surface area contributed by atoms with Crippen LogP contribution in [0, 0.1) is 0 Å². The Morgan fingerprint density at radius 1 is 1.09 bits per heavy atom. The van der Waals surface area contributed by atoms with Gasteiger partial charge in [-0.05, 0) is 60.1 Å². The molecule has 1 saturated heterocycles. The lowest BCUT2D eigenvalue weighted by Crippen LogP contribution is -2.44. The van der Waals surface area contributed by atoms with Crippen molar-refractivity contribution in [1.82, 2.24) is 14.8 Å². The summed E-state index contributed by atoms with van der Waals surface area (Å²) in [7, 11) is 3.31. The van der Waals surface area contributed by atoms with Crippen LogP contribution in [-0.4, -0.2) is 72.4 Å². The second kappa shape index (κ2) is 10.1. The van der Waals surface area contributed by atoms with Gasteiger partial charge in [-0.15, -0.1) is 0 Å². The van der Waals surface area contributed by atoms with E-state index in [9.17, 15) is 4.79 Å². The summed E-state index contributed by atoms with van der Waals surface area (Å²) in [5.41, 5.74) is 4.19. The highest BCUT2D eigenvalue weighted by Gasteiger charge is 2.50. The van der Waals surface area contributed by atoms with Crippen molar-refractivity contribution in [2.45, 2.75) is 24.9 Å². The van der Waals surface area contributed by atoms with Gasteiger partial charge < -0.3 is 24.1 Å². The minimum absolute atomic E-state index is 0.0395. The molecule has 2 atom stereocenters. The van der Waals surface area contributed by atoms with E-state index >= 15 is 0 Å². The van der Waals surface area contributed by atoms with Crippen molar-refractivity contribution in [2.75, 3.05) is 40.6 Å². The predicted octanol–water partition coefficient (Wildman–Crippen LogP) is 4.33. The van der Waals surface area contributed by atoms with Crippen LogP contribution in [0.2, 0.25) is 5.02 Å². The second-order valence-electron chi connectivity index (χ2n) is 8.77. The fourth-order valence-electron chi connectivity index (χ4n) is 5.06. The van der Waals surface area contributed by atoms with E-state index in [0.29, 0.717) is 42.9 Å². The third-order valence-corrected chi connectivity index (χ3v) is 7.34. The number of thiocarbonyl (C=S) groups is 1. The van der Waals surface area contributed by atoms with E-state index in [0.717, 1.165) is 39.9 Å². The number of carbonyl (C=O) groups is 1. The van der Waals surface area contributed by atoms with Gasteiger partial charge in [0.1, 0.15) is 18.4 Å². The molecule has 1 amide bonds. The number of amides is 1. The maximum atomic E-state index is 13.5. The maximum Gasteiger partial charge on any atom is 0.251 e. The van der Waals surface area contributed by atoms with E-state index in [1.54, 1.807) is 19.1 Å². The third-order valence-electron chi connectivity index (χ3n) is 6.67. The summed E-state index contributed by atoms with van der Waals surface area (Å²) in [4.78, 5) is 21.0. The number of hydrogen-bond donors (Lipinski definition) is 1. The average Bonchev–Trinajstić information content (AvgIpc) is 3.33. The van der Waals surface area contributed by atoms with Crippen LogP contribution < -0.4 is 4.74 Å². The number of halogens is 1. The molecule has 35 heavy (non-hydrogen) atoms. The average molecular weight is 514 g/mol. The van der Waals surface area contributed by atoms with E-state index < -0.39 is 0 Å². The number of nitrogens with zero attached hydrogens (tertiary/aromatic N) is 2. The van der Waals surface area contributed by atoms with Crippen LogP contribution >= 0.6 is 23.8 Å².